The van der Waals surface area contributed by atoms with Gasteiger partial charge in [0.15, 0.2) is 17.6 Å². The van der Waals surface area contributed by atoms with E-state index in [-0.39, 0.29) is 17.5 Å². The Bertz CT molecular complexity index is 1180. The van der Waals surface area contributed by atoms with E-state index in [0.29, 0.717) is 43.4 Å². The molecule has 0 saturated carbocycles. The van der Waals surface area contributed by atoms with E-state index in [4.69, 9.17) is 14.2 Å². The minimum atomic E-state index is -3.99. The molecular weight excluding hydrogens is 464 g/mol. The van der Waals surface area contributed by atoms with Crippen molar-refractivity contribution in [2.24, 2.45) is 0 Å². The standard InChI is InChI=1S/C22H28N4O7S/c1-14(2)26-20(8-9-23-26)24-21(27)15(3)33-22(28)17-5-4-10-25(17)34(29,30)16-6-7-18-19(13-16)32-12-11-31-18/h6-9,13-15,17H,4-5,10-12H2,1-3H3,(H,24,27)/t15-,17-/m0/s1. The maximum absolute atomic E-state index is 13.3. The van der Waals surface area contributed by atoms with Crippen molar-refractivity contribution in [3.63, 3.8) is 0 Å². The number of carbonyl (C=O) groups is 2. The summed E-state index contributed by atoms with van der Waals surface area (Å²) in [4.78, 5) is 25.5. The number of nitrogens with one attached hydrogen (secondary N) is 1. The first kappa shape index (κ1) is 24.0. The smallest absolute Gasteiger partial charge is 0.325 e. The lowest BCUT2D eigenvalue weighted by Gasteiger charge is -2.25. The van der Waals surface area contributed by atoms with E-state index in [1.165, 1.54) is 19.1 Å². The highest BCUT2D eigenvalue weighted by atomic mass is 32.2. The number of amides is 1. The molecule has 12 heteroatoms. The predicted octanol–water partition coefficient (Wildman–Crippen LogP) is 1.96. The molecule has 3 heterocycles. The second-order valence-electron chi connectivity index (χ2n) is 8.40. The van der Waals surface area contributed by atoms with Crippen LogP contribution in [0.2, 0.25) is 0 Å². The summed E-state index contributed by atoms with van der Waals surface area (Å²) in [5, 5.41) is 6.84. The number of rotatable bonds is 7. The molecule has 1 amide bonds. The summed E-state index contributed by atoms with van der Waals surface area (Å²) in [6.07, 6.45) is 1.24. The van der Waals surface area contributed by atoms with Gasteiger partial charge in [0.25, 0.3) is 5.91 Å². The van der Waals surface area contributed by atoms with Crippen molar-refractivity contribution >= 4 is 27.7 Å². The van der Waals surface area contributed by atoms with E-state index in [1.807, 2.05) is 13.8 Å². The first-order valence-electron chi connectivity index (χ1n) is 11.1. The van der Waals surface area contributed by atoms with Crippen molar-refractivity contribution in [1.82, 2.24) is 14.1 Å². The average molecular weight is 493 g/mol. The lowest BCUT2D eigenvalue weighted by atomic mass is 10.2. The van der Waals surface area contributed by atoms with E-state index >= 15 is 0 Å². The molecule has 2 aromatic rings. The third kappa shape index (κ3) is 4.73. The number of fused-ring (bicyclic) bond motifs is 1. The van der Waals surface area contributed by atoms with Gasteiger partial charge in [-0.2, -0.15) is 9.40 Å². The average Bonchev–Trinajstić information content (AvgIpc) is 3.49. The van der Waals surface area contributed by atoms with Crippen molar-refractivity contribution in [2.75, 3.05) is 25.1 Å². The van der Waals surface area contributed by atoms with Crippen molar-refractivity contribution in [1.29, 1.82) is 0 Å². The zero-order chi connectivity index (χ0) is 24.5. The maximum atomic E-state index is 13.3. The Kier molecular flexibility index (Phi) is 6.80. The fraction of sp³-hybridized carbons (Fsp3) is 0.500. The molecule has 1 N–H and O–H groups in total. The summed E-state index contributed by atoms with van der Waals surface area (Å²) >= 11 is 0. The molecule has 0 unspecified atom stereocenters. The zero-order valence-corrected chi connectivity index (χ0v) is 20.1. The summed E-state index contributed by atoms with van der Waals surface area (Å²) in [7, 11) is -3.99. The third-order valence-electron chi connectivity index (χ3n) is 5.67. The van der Waals surface area contributed by atoms with E-state index in [9.17, 15) is 18.0 Å². The molecular formula is C22H28N4O7S. The van der Waals surface area contributed by atoms with Gasteiger partial charge in [0.05, 0.1) is 11.1 Å². The number of anilines is 1. The second kappa shape index (κ2) is 9.63. The molecule has 0 spiro atoms. The fourth-order valence-corrected chi connectivity index (χ4v) is 5.60. The van der Waals surface area contributed by atoms with E-state index in [1.54, 1.807) is 23.0 Å². The summed E-state index contributed by atoms with van der Waals surface area (Å²) in [6.45, 7) is 6.17. The summed E-state index contributed by atoms with van der Waals surface area (Å²) in [5.74, 6) is -0.00184. The van der Waals surface area contributed by atoms with Gasteiger partial charge >= 0.3 is 5.97 Å². The molecule has 1 aromatic carbocycles. The Balaban J connectivity index is 1.44. The monoisotopic (exact) mass is 492 g/mol. The van der Waals surface area contributed by atoms with Gasteiger partial charge in [0.2, 0.25) is 10.0 Å². The number of hydrogen-bond donors (Lipinski definition) is 1. The molecule has 0 bridgehead atoms. The molecule has 11 nitrogen and oxygen atoms in total. The number of aromatic nitrogens is 2. The fourth-order valence-electron chi connectivity index (χ4n) is 3.94. The van der Waals surface area contributed by atoms with Gasteiger partial charge in [-0.3, -0.25) is 9.59 Å². The van der Waals surface area contributed by atoms with Crippen LogP contribution in [0.25, 0.3) is 0 Å². The molecule has 0 aliphatic carbocycles. The van der Waals surface area contributed by atoms with Crippen LogP contribution in [0.5, 0.6) is 11.5 Å². The molecule has 2 aliphatic rings. The Morgan fingerprint density at radius 3 is 2.62 bits per heavy atom. The number of sulfonamides is 1. The van der Waals surface area contributed by atoms with Crippen LogP contribution >= 0.6 is 0 Å². The quantitative estimate of drug-likeness (QED) is 0.581. The molecule has 1 fully saturated rings. The molecule has 1 saturated heterocycles. The van der Waals surface area contributed by atoms with Crippen LogP contribution in [0.4, 0.5) is 5.82 Å². The Morgan fingerprint density at radius 2 is 1.88 bits per heavy atom. The highest BCUT2D eigenvalue weighted by molar-refractivity contribution is 7.89. The topological polar surface area (TPSA) is 129 Å². The van der Waals surface area contributed by atoms with Crippen LogP contribution in [0.1, 0.15) is 39.7 Å². The summed E-state index contributed by atoms with van der Waals surface area (Å²) in [5.41, 5.74) is 0. The van der Waals surface area contributed by atoms with Crippen LogP contribution in [-0.2, 0) is 24.3 Å². The minimum Gasteiger partial charge on any atom is -0.486 e. The van der Waals surface area contributed by atoms with Crippen LogP contribution in [0.15, 0.2) is 35.4 Å². The van der Waals surface area contributed by atoms with Gasteiger partial charge in [-0.1, -0.05) is 0 Å². The highest BCUT2D eigenvalue weighted by Gasteiger charge is 2.41. The van der Waals surface area contributed by atoms with Gasteiger partial charge in [0, 0.05) is 24.7 Å². The van der Waals surface area contributed by atoms with Gasteiger partial charge in [-0.25, -0.2) is 13.1 Å². The van der Waals surface area contributed by atoms with Crippen LogP contribution in [-0.4, -0.2) is 66.3 Å². The Labute approximate surface area is 198 Å². The maximum Gasteiger partial charge on any atom is 0.325 e. The Morgan fingerprint density at radius 1 is 1.15 bits per heavy atom. The van der Waals surface area contributed by atoms with E-state index in [2.05, 4.69) is 10.4 Å². The lowest BCUT2D eigenvalue weighted by Crippen LogP contribution is -2.43. The third-order valence-corrected chi connectivity index (χ3v) is 7.57. The van der Waals surface area contributed by atoms with Crippen LogP contribution in [0, 0.1) is 0 Å². The van der Waals surface area contributed by atoms with Crippen molar-refractivity contribution in [2.45, 2.75) is 56.7 Å². The van der Waals surface area contributed by atoms with Crippen molar-refractivity contribution in [3.05, 3.63) is 30.5 Å². The molecule has 2 aliphatic heterocycles. The highest BCUT2D eigenvalue weighted by Crippen LogP contribution is 2.35. The molecule has 2 atom stereocenters. The van der Waals surface area contributed by atoms with Crippen LogP contribution < -0.4 is 14.8 Å². The molecule has 4 rings (SSSR count). The predicted molar refractivity (Wildman–Crippen MR) is 121 cm³/mol. The van der Waals surface area contributed by atoms with E-state index < -0.39 is 34.0 Å². The molecule has 184 valence electrons. The number of ether oxygens (including phenoxy) is 3. The Hall–Kier alpha value is -3.12. The van der Waals surface area contributed by atoms with Crippen LogP contribution in [0.3, 0.4) is 0 Å². The van der Waals surface area contributed by atoms with Gasteiger partial charge < -0.3 is 19.5 Å². The summed E-state index contributed by atoms with van der Waals surface area (Å²) < 4.78 is 45.7. The summed E-state index contributed by atoms with van der Waals surface area (Å²) in [6, 6.07) is 5.02. The largest absolute Gasteiger partial charge is 0.486 e. The van der Waals surface area contributed by atoms with Gasteiger partial charge in [0.1, 0.15) is 25.1 Å². The lowest BCUT2D eigenvalue weighted by molar-refractivity contribution is -0.156. The van der Waals surface area contributed by atoms with Gasteiger partial charge in [-0.15, -0.1) is 0 Å². The zero-order valence-electron chi connectivity index (χ0n) is 19.3. The first-order chi connectivity index (χ1) is 16.2. The van der Waals surface area contributed by atoms with Crippen molar-refractivity contribution in [3.8, 4) is 11.5 Å². The second-order valence-corrected chi connectivity index (χ2v) is 10.3. The number of esters is 1. The SMILES string of the molecule is CC(C)n1nccc1NC(=O)[C@H](C)OC(=O)[C@@H]1CCCN1S(=O)(=O)c1ccc2c(c1)OCCO2. The number of carbonyl (C=O) groups excluding carboxylic acids is 2. The normalized spacial score (nSPS) is 19.1. The molecule has 1 aromatic heterocycles. The number of nitrogens with zero attached hydrogens (tertiary/aromatic N) is 3. The molecule has 34 heavy (non-hydrogen) atoms. The first-order valence-corrected chi connectivity index (χ1v) is 12.6. The number of hydrogen-bond acceptors (Lipinski definition) is 8. The van der Waals surface area contributed by atoms with Crippen molar-refractivity contribution < 1.29 is 32.2 Å². The minimum absolute atomic E-state index is 0.00388. The van der Waals surface area contributed by atoms with E-state index in [0.717, 1.165) is 4.31 Å². The number of benzene rings is 1. The molecule has 0 radical (unpaired) electrons. The van der Waals surface area contributed by atoms with Gasteiger partial charge in [-0.05, 0) is 45.7 Å².